The van der Waals surface area contributed by atoms with Crippen LogP contribution in [0.4, 0.5) is 4.39 Å². The molecule has 5 heteroatoms. The molecule has 3 nitrogen and oxygen atoms in total. The van der Waals surface area contributed by atoms with Crippen molar-refractivity contribution in [3.8, 4) is 11.3 Å². The van der Waals surface area contributed by atoms with Gasteiger partial charge in [0.2, 0.25) is 0 Å². The van der Waals surface area contributed by atoms with Gasteiger partial charge in [-0.1, -0.05) is 23.7 Å². The van der Waals surface area contributed by atoms with Crippen LogP contribution in [-0.2, 0) is 0 Å². The molecule has 0 saturated carbocycles. The Morgan fingerprint density at radius 1 is 1.25 bits per heavy atom. The number of aromatic nitrogens is 2. The van der Waals surface area contributed by atoms with Gasteiger partial charge in [-0.2, -0.15) is 0 Å². The monoisotopic (exact) mass is 290 g/mol. The van der Waals surface area contributed by atoms with Crippen LogP contribution in [0.1, 0.15) is 18.7 Å². The van der Waals surface area contributed by atoms with Crippen molar-refractivity contribution >= 4 is 17.2 Å². The van der Waals surface area contributed by atoms with Gasteiger partial charge in [0, 0.05) is 16.8 Å². The fourth-order valence-electron chi connectivity index (χ4n) is 2.27. The van der Waals surface area contributed by atoms with E-state index in [2.05, 4.69) is 4.98 Å². The van der Waals surface area contributed by atoms with Crippen LogP contribution in [-0.4, -0.2) is 14.5 Å². The largest absolute Gasteiger partial charge is 0.387 e. The Morgan fingerprint density at radius 3 is 2.60 bits per heavy atom. The molecule has 0 aliphatic carbocycles. The van der Waals surface area contributed by atoms with E-state index in [1.165, 1.54) is 6.07 Å². The molecule has 0 spiro atoms. The molecule has 0 aliphatic heterocycles. The number of hydrogen-bond donors (Lipinski definition) is 1. The molecule has 0 aliphatic rings. The summed E-state index contributed by atoms with van der Waals surface area (Å²) in [7, 11) is 0. The summed E-state index contributed by atoms with van der Waals surface area (Å²) in [6, 6.07) is 10.0. The zero-order valence-corrected chi connectivity index (χ0v) is 11.5. The van der Waals surface area contributed by atoms with Gasteiger partial charge >= 0.3 is 0 Å². The van der Waals surface area contributed by atoms with Crippen LogP contribution in [0, 0.1) is 5.82 Å². The second-order valence-corrected chi connectivity index (χ2v) is 5.01. The summed E-state index contributed by atoms with van der Waals surface area (Å²) in [5.74, 6) is -0.422. The molecule has 102 valence electrons. The van der Waals surface area contributed by atoms with Gasteiger partial charge in [0.15, 0.2) is 11.5 Å². The summed E-state index contributed by atoms with van der Waals surface area (Å²) in [5, 5.41) is 10.6. The summed E-state index contributed by atoms with van der Waals surface area (Å²) in [5.41, 5.74) is 2.10. The van der Waals surface area contributed by atoms with Crippen LogP contribution >= 0.6 is 11.6 Å². The highest BCUT2D eigenvalue weighted by atomic mass is 35.5. The highest BCUT2D eigenvalue weighted by Crippen LogP contribution is 2.30. The minimum atomic E-state index is -0.766. The van der Waals surface area contributed by atoms with Crippen LogP contribution < -0.4 is 0 Å². The number of benzene rings is 1. The van der Waals surface area contributed by atoms with E-state index in [9.17, 15) is 9.50 Å². The zero-order valence-electron chi connectivity index (χ0n) is 10.7. The summed E-state index contributed by atoms with van der Waals surface area (Å²) in [4.78, 5) is 4.32. The lowest BCUT2D eigenvalue weighted by atomic mass is 10.1. The Kier molecular flexibility index (Phi) is 3.20. The first-order chi connectivity index (χ1) is 9.58. The highest BCUT2D eigenvalue weighted by Gasteiger charge is 2.19. The van der Waals surface area contributed by atoms with E-state index in [-0.39, 0.29) is 5.65 Å². The molecule has 2 aromatic heterocycles. The number of aliphatic hydroxyl groups is 1. The van der Waals surface area contributed by atoms with Crippen molar-refractivity contribution in [2.45, 2.75) is 13.0 Å². The third-order valence-electron chi connectivity index (χ3n) is 3.15. The lowest BCUT2D eigenvalue weighted by Gasteiger charge is -2.07. The van der Waals surface area contributed by atoms with Crippen molar-refractivity contribution in [2.24, 2.45) is 0 Å². The van der Waals surface area contributed by atoms with Crippen LogP contribution in [0.3, 0.4) is 0 Å². The number of imidazole rings is 1. The molecule has 1 atom stereocenters. The van der Waals surface area contributed by atoms with E-state index in [0.717, 1.165) is 5.56 Å². The number of aliphatic hydroxyl groups excluding tert-OH is 1. The molecular weight excluding hydrogens is 279 g/mol. The SMILES string of the molecule is CC(O)c1c(-c2ccc(Cl)cc2)nc2c(F)cccn12. The molecule has 0 radical (unpaired) electrons. The zero-order chi connectivity index (χ0) is 14.3. The van der Waals surface area contributed by atoms with Crippen molar-refractivity contribution < 1.29 is 9.50 Å². The van der Waals surface area contributed by atoms with E-state index in [1.54, 1.807) is 47.9 Å². The second kappa shape index (κ2) is 4.89. The molecule has 1 aromatic carbocycles. The van der Waals surface area contributed by atoms with Crippen LogP contribution in [0.5, 0.6) is 0 Å². The first kappa shape index (κ1) is 13.1. The summed E-state index contributed by atoms with van der Waals surface area (Å²) in [6.45, 7) is 1.63. The smallest absolute Gasteiger partial charge is 0.174 e. The number of nitrogens with zero attached hydrogens (tertiary/aromatic N) is 2. The van der Waals surface area contributed by atoms with Crippen LogP contribution in [0.15, 0.2) is 42.6 Å². The molecular formula is C15H12ClFN2O. The number of fused-ring (bicyclic) bond motifs is 1. The Hall–Kier alpha value is -1.91. The van der Waals surface area contributed by atoms with Gasteiger partial charge in [0.05, 0.1) is 17.5 Å². The number of halogens is 2. The van der Waals surface area contributed by atoms with Crippen LogP contribution in [0.2, 0.25) is 5.02 Å². The molecule has 2 heterocycles. The van der Waals surface area contributed by atoms with E-state index < -0.39 is 11.9 Å². The third kappa shape index (κ3) is 2.07. The van der Waals surface area contributed by atoms with Gasteiger partial charge in [-0.05, 0) is 31.2 Å². The van der Waals surface area contributed by atoms with Crippen molar-refractivity contribution in [2.75, 3.05) is 0 Å². The standard InChI is InChI=1S/C15H12ClFN2O/c1-9(20)14-13(10-4-6-11(16)7-5-10)18-15-12(17)3-2-8-19(14)15/h2-9,20H,1H3. The average Bonchev–Trinajstić information content (AvgIpc) is 2.80. The van der Waals surface area contributed by atoms with Crippen LogP contribution in [0.25, 0.3) is 16.9 Å². The predicted octanol–water partition coefficient (Wildman–Crippen LogP) is 3.85. The molecule has 0 amide bonds. The maximum atomic E-state index is 13.8. The Bertz CT molecular complexity index is 765. The predicted molar refractivity (Wildman–Crippen MR) is 76.2 cm³/mol. The topological polar surface area (TPSA) is 37.5 Å². The molecule has 1 unspecified atom stereocenters. The lowest BCUT2D eigenvalue weighted by Crippen LogP contribution is -1.99. The number of pyridine rings is 1. The molecule has 3 aromatic rings. The quantitative estimate of drug-likeness (QED) is 0.778. The maximum Gasteiger partial charge on any atom is 0.174 e. The fraction of sp³-hybridized carbons (Fsp3) is 0.133. The first-order valence-electron chi connectivity index (χ1n) is 6.18. The van der Waals surface area contributed by atoms with E-state index in [0.29, 0.717) is 16.4 Å². The Morgan fingerprint density at radius 2 is 1.95 bits per heavy atom. The van der Waals surface area contributed by atoms with Gasteiger partial charge < -0.3 is 5.11 Å². The van der Waals surface area contributed by atoms with E-state index in [4.69, 9.17) is 11.6 Å². The lowest BCUT2D eigenvalue weighted by molar-refractivity contribution is 0.194. The van der Waals surface area contributed by atoms with Crippen molar-refractivity contribution in [1.29, 1.82) is 0 Å². The molecule has 0 fully saturated rings. The third-order valence-corrected chi connectivity index (χ3v) is 3.40. The number of rotatable bonds is 2. The molecule has 1 N–H and O–H groups in total. The van der Waals surface area contributed by atoms with Crippen molar-refractivity contribution in [3.63, 3.8) is 0 Å². The van der Waals surface area contributed by atoms with Gasteiger partial charge in [-0.15, -0.1) is 0 Å². The Labute approximate surface area is 120 Å². The summed E-state index contributed by atoms with van der Waals surface area (Å²) in [6.07, 6.45) is 0.921. The Balaban J connectivity index is 2.32. The molecule has 20 heavy (non-hydrogen) atoms. The second-order valence-electron chi connectivity index (χ2n) is 4.58. The summed E-state index contributed by atoms with van der Waals surface area (Å²) < 4.78 is 15.4. The van der Waals surface area contributed by atoms with E-state index in [1.807, 2.05) is 0 Å². The van der Waals surface area contributed by atoms with Crippen molar-refractivity contribution in [3.05, 3.63) is 59.1 Å². The van der Waals surface area contributed by atoms with Gasteiger partial charge in [-0.25, -0.2) is 9.37 Å². The number of hydrogen-bond acceptors (Lipinski definition) is 2. The highest BCUT2D eigenvalue weighted by molar-refractivity contribution is 6.30. The summed E-state index contributed by atoms with van der Waals surface area (Å²) >= 11 is 5.87. The van der Waals surface area contributed by atoms with E-state index >= 15 is 0 Å². The minimum Gasteiger partial charge on any atom is -0.387 e. The molecule has 0 saturated heterocycles. The molecule has 3 rings (SSSR count). The first-order valence-corrected chi connectivity index (χ1v) is 6.56. The fourth-order valence-corrected chi connectivity index (χ4v) is 2.40. The van der Waals surface area contributed by atoms with Gasteiger partial charge in [-0.3, -0.25) is 4.40 Å². The normalized spacial score (nSPS) is 12.8. The molecule has 0 bridgehead atoms. The maximum absolute atomic E-state index is 13.8. The average molecular weight is 291 g/mol. The van der Waals surface area contributed by atoms with Crippen molar-refractivity contribution in [1.82, 2.24) is 9.38 Å². The minimum absolute atomic E-state index is 0.202. The van der Waals surface area contributed by atoms with Gasteiger partial charge in [0.25, 0.3) is 0 Å². The van der Waals surface area contributed by atoms with Gasteiger partial charge in [0.1, 0.15) is 0 Å².